The summed E-state index contributed by atoms with van der Waals surface area (Å²) in [6.07, 6.45) is 11.3. The van der Waals surface area contributed by atoms with Gasteiger partial charge in [-0.2, -0.15) is 0 Å². The number of hydrogen-bond acceptors (Lipinski definition) is 2. The minimum atomic E-state index is -0.288. The monoisotopic (exact) mass is 330 g/mol. The molecule has 0 radical (unpaired) electrons. The molecule has 0 aromatic heterocycles. The van der Waals surface area contributed by atoms with Gasteiger partial charge in [0, 0.05) is 10.8 Å². The lowest BCUT2D eigenvalue weighted by Gasteiger charge is -2.57. The quantitative estimate of drug-likeness (QED) is 0.638. The first kappa shape index (κ1) is 15.7. The third kappa shape index (κ3) is 1.71. The molecule has 2 heteroatoms. The first-order chi connectivity index (χ1) is 11.2. The molecule has 0 aromatic rings. The predicted octanol–water partition coefficient (Wildman–Crippen LogP) is 5.35. The van der Waals surface area contributed by atoms with Crippen LogP contribution in [0.25, 0.3) is 0 Å². The minimum Gasteiger partial charge on any atom is -0.458 e. The highest BCUT2D eigenvalue weighted by atomic mass is 16.6. The van der Waals surface area contributed by atoms with E-state index in [4.69, 9.17) is 4.74 Å². The summed E-state index contributed by atoms with van der Waals surface area (Å²) in [5.41, 5.74) is -0.119. The summed E-state index contributed by atoms with van der Waals surface area (Å²) in [6, 6.07) is 0. The summed E-state index contributed by atoms with van der Waals surface area (Å²) in [6.45, 7) is 9.36. The van der Waals surface area contributed by atoms with Gasteiger partial charge in [0.1, 0.15) is 5.60 Å². The van der Waals surface area contributed by atoms with Gasteiger partial charge in [-0.1, -0.05) is 20.8 Å². The van der Waals surface area contributed by atoms with Crippen LogP contribution in [0.1, 0.15) is 85.5 Å². The highest BCUT2D eigenvalue weighted by Crippen LogP contribution is 2.70. The number of carbonyl (C=O) groups is 1. The van der Waals surface area contributed by atoms with Crippen molar-refractivity contribution in [3.8, 4) is 0 Å². The van der Waals surface area contributed by atoms with Crippen molar-refractivity contribution in [2.45, 2.75) is 91.1 Å². The van der Waals surface area contributed by atoms with Crippen LogP contribution in [0.4, 0.5) is 0 Å². The molecule has 134 valence electrons. The first-order valence-corrected chi connectivity index (χ1v) is 10.4. The lowest BCUT2D eigenvalue weighted by Crippen LogP contribution is -2.58. The Labute approximate surface area is 147 Å². The van der Waals surface area contributed by atoms with Crippen LogP contribution in [-0.4, -0.2) is 11.6 Å². The van der Waals surface area contributed by atoms with Gasteiger partial charge in [0.05, 0.1) is 5.41 Å². The van der Waals surface area contributed by atoms with Crippen molar-refractivity contribution in [2.75, 3.05) is 0 Å². The van der Waals surface area contributed by atoms with Crippen molar-refractivity contribution >= 4 is 5.97 Å². The number of ether oxygens (including phenoxy) is 1. The summed E-state index contributed by atoms with van der Waals surface area (Å²) in [5, 5.41) is 0. The van der Waals surface area contributed by atoms with Crippen molar-refractivity contribution in [1.82, 2.24) is 0 Å². The highest BCUT2D eigenvalue weighted by Gasteiger charge is 2.70. The van der Waals surface area contributed by atoms with E-state index in [-0.39, 0.29) is 27.8 Å². The smallest absolute Gasteiger partial charge is 0.312 e. The second kappa shape index (κ2) is 4.41. The van der Waals surface area contributed by atoms with Gasteiger partial charge in [0.15, 0.2) is 0 Å². The van der Waals surface area contributed by atoms with Crippen LogP contribution < -0.4 is 0 Å². The molecule has 0 aliphatic heterocycles. The van der Waals surface area contributed by atoms with Crippen LogP contribution in [0.3, 0.4) is 0 Å². The zero-order valence-corrected chi connectivity index (χ0v) is 16.0. The third-order valence-electron chi connectivity index (χ3n) is 9.91. The molecule has 3 atom stereocenters. The molecule has 6 bridgehead atoms. The molecule has 0 amide bonds. The maximum absolute atomic E-state index is 13.5. The van der Waals surface area contributed by atoms with E-state index in [2.05, 4.69) is 27.7 Å². The Kier molecular flexibility index (Phi) is 2.88. The molecule has 6 fully saturated rings. The largest absolute Gasteiger partial charge is 0.458 e. The Bertz CT molecular complexity index is 549. The number of hydrogen-bond donors (Lipinski definition) is 0. The molecule has 0 aromatic carbocycles. The average molecular weight is 331 g/mol. The van der Waals surface area contributed by atoms with Crippen molar-refractivity contribution in [1.29, 1.82) is 0 Å². The lowest BCUT2D eigenvalue weighted by molar-refractivity contribution is -0.215. The molecule has 0 unspecified atom stereocenters. The Balaban J connectivity index is 1.45. The Hall–Kier alpha value is -0.530. The van der Waals surface area contributed by atoms with Gasteiger partial charge in [-0.3, -0.25) is 4.79 Å². The summed E-state index contributed by atoms with van der Waals surface area (Å²) >= 11 is 0. The molecular formula is C22H34O2. The van der Waals surface area contributed by atoms with Gasteiger partial charge in [0.2, 0.25) is 0 Å². The SMILES string of the molecule is CC1(C)[C@H]2CC[C@@](C)(C2)[C@]1(C)OC(=O)C12CC3CC(CC(C3)C1)C2. The topological polar surface area (TPSA) is 26.3 Å². The summed E-state index contributed by atoms with van der Waals surface area (Å²) in [4.78, 5) is 13.5. The summed E-state index contributed by atoms with van der Waals surface area (Å²) in [5.74, 6) is 3.32. The number of carbonyl (C=O) groups excluding carboxylic acids is 1. The molecule has 6 aliphatic carbocycles. The molecule has 0 heterocycles. The fourth-order valence-electron chi connectivity index (χ4n) is 8.37. The zero-order valence-electron chi connectivity index (χ0n) is 16.0. The van der Waals surface area contributed by atoms with E-state index >= 15 is 0 Å². The summed E-state index contributed by atoms with van der Waals surface area (Å²) in [7, 11) is 0. The molecular weight excluding hydrogens is 296 g/mol. The van der Waals surface area contributed by atoms with Gasteiger partial charge < -0.3 is 4.74 Å². The molecule has 24 heavy (non-hydrogen) atoms. The fraction of sp³-hybridized carbons (Fsp3) is 0.955. The van der Waals surface area contributed by atoms with E-state index < -0.39 is 0 Å². The Morgan fingerprint density at radius 3 is 1.88 bits per heavy atom. The van der Waals surface area contributed by atoms with Gasteiger partial charge >= 0.3 is 5.97 Å². The van der Waals surface area contributed by atoms with Gasteiger partial charge in [-0.15, -0.1) is 0 Å². The second-order valence-corrected chi connectivity index (χ2v) is 11.3. The molecule has 6 saturated carbocycles. The Morgan fingerprint density at radius 2 is 1.42 bits per heavy atom. The third-order valence-corrected chi connectivity index (χ3v) is 9.91. The van der Waals surface area contributed by atoms with Gasteiger partial charge in [-0.05, 0) is 88.4 Å². The maximum Gasteiger partial charge on any atom is 0.312 e. The van der Waals surface area contributed by atoms with Crippen LogP contribution in [0.2, 0.25) is 0 Å². The van der Waals surface area contributed by atoms with E-state index in [9.17, 15) is 4.79 Å². The molecule has 6 rings (SSSR count). The zero-order chi connectivity index (χ0) is 17.0. The van der Waals surface area contributed by atoms with Gasteiger partial charge in [-0.25, -0.2) is 0 Å². The van der Waals surface area contributed by atoms with E-state index in [0.717, 1.165) is 42.9 Å². The second-order valence-electron chi connectivity index (χ2n) is 11.3. The lowest BCUT2D eigenvalue weighted by atomic mass is 9.49. The normalized spacial score (nSPS) is 56.7. The van der Waals surface area contributed by atoms with Crippen molar-refractivity contribution in [2.24, 2.45) is 39.9 Å². The number of rotatable bonds is 2. The van der Waals surface area contributed by atoms with Crippen molar-refractivity contribution in [3.05, 3.63) is 0 Å². The highest BCUT2D eigenvalue weighted by molar-refractivity contribution is 5.78. The molecule has 2 nitrogen and oxygen atoms in total. The van der Waals surface area contributed by atoms with Gasteiger partial charge in [0.25, 0.3) is 0 Å². The average Bonchev–Trinajstić information content (AvgIpc) is 2.94. The van der Waals surface area contributed by atoms with E-state index in [1.807, 2.05) is 0 Å². The molecule has 0 spiro atoms. The van der Waals surface area contributed by atoms with Crippen LogP contribution >= 0.6 is 0 Å². The first-order valence-electron chi connectivity index (χ1n) is 10.4. The van der Waals surface area contributed by atoms with Crippen molar-refractivity contribution < 1.29 is 9.53 Å². The van der Waals surface area contributed by atoms with Crippen LogP contribution in [0.15, 0.2) is 0 Å². The fourth-order valence-corrected chi connectivity index (χ4v) is 8.37. The standard InChI is InChI=1S/C22H34O2/c1-19(2)17-5-6-20(3,13-17)21(19,4)24-18(23)22-10-14-7-15(11-22)9-16(8-14)12-22/h14-17H,5-13H2,1-4H3/t14?,15?,16?,17-,20-,21+,22?/m0/s1. The predicted molar refractivity (Wildman–Crippen MR) is 94.3 cm³/mol. The van der Waals surface area contributed by atoms with E-state index in [1.165, 1.54) is 38.5 Å². The molecule has 6 aliphatic rings. The van der Waals surface area contributed by atoms with E-state index in [0.29, 0.717) is 0 Å². The summed E-state index contributed by atoms with van der Waals surface area (Å²) < 4.78 is 6.60. The van der Waals surface area contributed by atoms with Crippen LogP contribution in [-0.2, 0) is 9.53 Å². The van der Waals surface area contributed by atoms with E-state index in [1.54, 1.807) is 0 Å². The van der Waals surface area contributed by atoms with Crippen molar-refractivity contribution in [3.63, 3.8) is 0 Å². The van der Waals surface area contributed by atoms with Crippen LogP contribution in [0.5, 0.6) is 0 Å². The number of esters is 1. The maximum atomic E-state index is 13.5. The van der Waals surface area contributed by atoms with Crippen LogP contribution in [0, 0.1) is 39.9 Å². The Morgan fingerprint density at radius 1 is 0.875 bits per heavy atom. The number of fused-ring (bicyclic) bond motifs is 2. The molecule has 0 saturated heterocycles. The minimum absolute atomic E-state index is 0.109. The molecule has 0 N–H and O–H groups in total.